The van der Waals surface area contributed by atoms with Crippen LogP contribution in [0.2, 0.25) is 0 Å². The fourth-order valence-corrected chi connectivity index (χ4v) is 2.35. The maximum atomic E-state index is 12.7. The number of aryl methyl sites for hydroxylation is 1. The number of methoxy groups -OCH3 is 1. The molecule has 1 fully saturated rings. The van der Waals surface area contributed by atoms with Crippen LogP contribution in [0.1, 0.15) is 22.8 Å². The molecule has 1 aromatic carbocycles. The normalized spacial score (nSPS) is 22.7. The van der Waals surface area contributed by atoms with Gasteiger partial charge in [-0.25, -0.2) is 0 Å². The van der Waals surface area contributed by atoms with Gasteiger partial charge in [0, 0.05) is 6.54 Å². The average molecular weight is 279 g/mol. The van der Waals surface area contributed by atoms with E-state index in [2.05, 4.69) is 0 Å². The van der Waals surface area contributed by atoms with Gasteiger partial charge in [-0.05, 0) is 26.0 Å². The highest BCUT2D eigenvalue weighted by atomic mass is 16.5. The zero-order valence-electron chi connectivity index (χ0n) is 12.1. The molecule has 20 heavy (non-hydrogen) atoms. The number of nitrogens with zero attached hydrogens (tertiary/aromatic N) is 1. The van der Waals surface area contributed by atoms with Crippen molar-refractivity contribution in [2.45, 2.75) is 26.0 Å². The van der Waals surface area contributed by atoms with Crippen molar-refractivity contribution in [3.8, 4) is 5.75 Å². The van der Waals surface area contributed by atoms with Crippen LogP contribution in [0.5, 0.6) is 5.75 Å². The lowest BCUT2D eigenvalue weighted by atomic mass is 10.1. The van der Waals surface area contributed by atoms with Crippen LogP contribution in [-0.4, -0.2) is 54.9 Å². The fraction of sp³-hybridized carbons (Fsp3) is 0.533. The van der Waals surface area contributed by atoms with Crippen molar-refractivity contribution in [3.05, 3.63) is 29.3 Å². The average Bonchev–Trinajstić information content (AvgIpc) is 2.47. The van der Waals surface area contributed by atoms with E-state index in [-0.39, 0.29) is 24.7 Å². The first-order chi connectivity index (χ1) is 9.56. The van der Waals surface area contributed by atoms with Crippen LogP contribution in [0.3, 0.4) is 0 Å². The van der Waals surface area contributed by atoms with E-state index in [0.717, 1.165) is 5.56 Å². The standard InChI is InChI=1S/C15H21NO4/c1-10-4-5-14(19-3)13(6-10)15(18)16-7-12(8-17)20-9-11(16)2/h4-6,11-12,17H,7-9H2,1-3H3. The quantitative estimate of drug-likeness (QED) is 0.904. The third-order valence-corrected chi connectivity index (χ3v) is 3.56. The van der Waals surface area contributed by atoms with Gasteiger partial charge < -0.3 is 19.5 Å². The number of benzene rings is 1. The van der Waals surface area contributed by atoms with E-state index in [0.29, 0.717) is 24.5 Å². The predicted octanol–water partition coefficient (Wildman–Crippen LogP) is 1.23. The summed E-state index contributed by atoms with van der Waals surface area (Å²) in [7, 11) is 1.56. The van der Waals surface area contributed by atoms with E-state index in [9.17, 15) is 9.90 Å². The van der Waals surface area contributed by atoms with Crippen molar-refractivity contribution in [1.82, 2.24) is 4.90 Å². The molecule has 0 radical (unpaired) electrons. The minimum Gasteiger partial charge on any atom is -0.496 e. The number of aliphatic hydroxyl groups is 1. The SMILES string of the molecule is COc1ccc(C)cc1C(=O)N1CC(CO)OCC1C. The summed E-state index contributed by atoms with van der Waals surface area (Å²) < 4.78 is 10.7. The molecule has 1 amide bonds. The molecule has 0 saturated carbocycles. The molecule has 0 aromatic heterocycles. The highest BCUT2D eigenvalue weighted by Gasteiger charge is 2.31. The molecule has 5 heteroatoms. The lowest BCUT2D eigenvalue weighted by molar-refractivity contribution is -0.0667. The van der Waals surface area contributed by atoms with Crippen LogP contribution in [0.15, 0.2) is 18.2 Å². The van der Waals surface area contributed by atoms with Crippen molar-refractivity contribution in [2.24, 2.45) is 0 Å². The van der Waals surface area contributed by atoms with Gasteiger partial charge in [0.25, 0.3) is 5.91 Å². The first-order valence-electron chi connectivity index (χ1n) is 6.75. The Balaban J connectivity index is 2.27. The van der Waals surface area contributed by atoms with Gasteiger partial charge in [0.1, 0.15) is 5.75 Å². The molecule has 1 aromatic rings. The number of carbonyl (C=O) groups excluding carboxylic acids is 1. The number of ether oxygens (including phenoxy) is 2. The molecule has 1 saturated heterocycles. The van der Waals surface area contributed by atoms with Crippen molar-refractivity contribution >= 4 is 5.91 Å². The molecule has 5 nitrogen and oxygen atoms in total. The number of hydrogen-bond donors (Lipinski definition) is 1. The van der Waals surface area contributed by atoms with Gasteiger partial charge >= 0.3 is 0 Å². The van der Waals surface area contributed by atoms with Crippen LogP contribution < -0.4 is 4.74 Å². The summed E-state index contributed by atoms with van der Waals surface area (Å²) in [6.07, 6.45) is -0.314. The molecule has 1 aliphatic heterocycles. The van der Waals surface area contributed by atoms with Crippen molar-refractivity contribution < 1.29 is 19.4 Å². The lowest BCUT2D eigenvalue weighted by Crippen LogP contribution is -2.52. The van der Waals surface area contributed by atoms with Crippen molar-refractivity contribution in [2.75, 3.05) is 26.9 Å². The van der Waals surface area contributed by atoms with Gasteiger partial charge in [0.05, 0.1) is 38.0 Å². The number of rotatable bonds is 3. The summed E-state index contributed by atoms with van der Waals surface area (Å²) in [6, 6.07) is 5.53. The van der Waals surface area contributed by atoms with Crippen LogP contribution in [0.25, 0.3) is 0 Å². The fourth-order valence-electron chi connectivity index (χ4n) is 2.35. The molecule has 1 heterocycles. The molecule has 0 bridgehead atoms. The monoisotopic (exact) mass is 279 g/mol. The van der Waals surface area contributed by atoms with Gasteiger partial charge in [0.15, 0.2) is 0 Å². The Morgan fingerprint density at radius 2 is 2.30 bits per heavy atom. The van der Waals surface area contributed by atoms with Crippen molar-refractivity contribution in [1.29, 1.82) is 0 Å². The minimum atomic E-state index is -0.314. The molecular formula is C15H21NO4. The van der Waals surface area contributed by atoms with E-state index >= 15 is 0 Å². The largest absolute Gasteiger partial charge is 0.496 e. The lowest BCUT2D eigenvalue weighted by Gasteiger charge is -2.37. The van der Waals surface area contributed by atoms with Crippen LogP contribution in [-0.2, 0) is 4.74 Å². The predicted molar refractivity (Wildman–Crippen MR) is 75.1 cm³/mol. The second-order valence-electron chi connectivity index (χ2n) is 5.15. The van der Waals surface area contributed by atoms with Gasteiger partial charge in [-0.1, -0.05) is 11.6 Å². The summed E-state index contributed by atoms with van der Waals surface area (Å²) in [6.45, 7) is 4.63. The van der Waals surface area contributed by atoms with Gasteiger partial charge in [-0.3, -0.25) is 4.79 Å². The third kappa shape index (κ3) is 2.94. The van der Waals surface area contributed by atoms with Gasteiger partial charge in [-0.2, -0.15) is 0 Å². The summed E-state index contributed by atoms with van der Waals surface area (Å²) in [5.74, 6) is 0.486. The molecule has 1 aliphatic rings. The van der Waals surface area contributed by atoms with E-state index in [4.69, 9.17) is 9.47 Å². The Morgan fingerprint density at radius 3 is 2.95 bits per heavy atom. The third-order valence-electron chi connectivity index (χ3n) is 3.56. The van der Waals surface area contributed by atoms with E-state index in [1.54, 1.807) is 18.1 Å². The highest BCUT2D eigenvalue weighted by molar-refractivity contribution is 5.97. The number of carbonyl (C=O) groups is 1. The van der Waals surface area contributed by atoms with Crippen LogP contribution in [0.4, 0.5) is 0 Å². The molecule has 1 N–H and O–H groups in total. The second-order valence-corrected chi connectivity index (χ2v) is 5.15. The Bertz CT molecular complexity index is 489. The maximum absolute atomic E-state index is 12.7. The molecule has 110 valence electrons. The Kier molecular flexibility index (Phi) is 4.62. The number of aliphatic hydroxyl groups excluding tert-OH is 1. The Morgan fingerprint density at radius 1 is 1.55 bits per heavy atom. The molecule has 2 rings (SSSR count). The number of hydrogen-bond acceptors (Lipinski definition) is 4. The van der Waals surface area contributed by atoms with E-state index in [1.165, 1.54) is 0 Å². The molecule has 2 atom stereocenters. The minimum absolute atomic E-state index is 0.0180. The second kappa shape index (κ2) is 6.24. The van der Waals surface area contributed by atoms with Gasteiger partial charge in [0.2, 0.25) is 0 Å². The van der Waals surface area contributed by atoms with E-state index in [1.807, 2.05) is 26.0 Å². The number of morpholine rings is 1. The summed E-state index contributed by atoms with van der Waals surface area (Å²) in [4.78, 5) is 14.5. The maximum Gasteiger partial charge on any atom is 0.258 e. The molecule has 2 unspecified atom stereocenters. The summed E-state index contributed by atoms with van der Waals surface area (Å²) >= 11 is 0. The number of amides is 1. The zero-order chi connectivity index (χ0) is 14.7. The smallest absolute Gasteiger partial charge is 0.258 e. The van der Waals surface area contributed by atoms with E-state index < -0.39 is 0 Å². The van der Waals surface area contributed by atoms with Crippen molar-refractivity contribution in [3.63, 3.8) is 0 Å². The Hall–Kier alpha value is -1.59. The molecule has 0 spiro atoms. The summed E-state index contributed by atoms with van der Waals surface area (Å²) in [5, 5.41) is 9.20. The molecular weight excluding hydrogens is 258 g/mol. The zero-order valence-corrected chi connectivity index (χ0v) is 12.1. The first kappa shape index (κ1) is 14.8. The van der Waals surface area contributed by atoms with Crippen LogP contribution in [0, 0.1) is 6.92 Å². The molecule has 0 aliphatic carbocycles. The highest BCUT2D eigenvalue weighted by Crippen LogP contribution is 2.24. The van der Waals surface area contributed by atoms with Gasteiger partial charge in [-0.15, -0.1) is 0 Å². The first-order valence-corrected chi connectivity index (χ1v) is 6.75. The summed E-state index contributed by atoms with van der Waals surface area (Å²) in [5.41, 5.74) is 1.56. The Labute approximate surface area is 119 Å². The van der Waals surface area contributed by atoms with Crippen LogP contribution >= 0.6 is 0 Å². The topological polar surface area (TPSA) is 59.0 Å².